The van der Waals surface area contributed by atoms with Crippen LogP contribution in [0, 0.1) is 17.8 Å². The summed E-state index contributed by atoms with van der Waals surface area (Å²) in [5, 5.41) is 10.5. The molecule has 4 unspecified atom stereocenters. The third-order valence-electron chi connectivity index (χ3n) is 3.97. The van der Waals surface area contributed by atoms with Gasteiger partial charge >= 0.3 is 12.1 Å². The minimum atomic E-state index is -5.08. The van der Waals surface area contributed by atoms with Crippen molar-refractivity contribution in [2.45, 2.75) is 18.8 Å². The topological polar surface area (TPSA) is 69.6 Å². The quantitative estimate of drug-likeness (QED) is 0.698. The summed E-state index contributed by atoms with van der Waals surface area (Å²) in [7, 11) is 0. The SMILES string of the molecule is O=C(C1CC1F)N1CC2CNCC2C1.O=C(O)C(F)(F)F. The number of likely N-dealkylation sites (tertiary alicyclic amines) is 1. The summed E-state index contributed by atoms with van der Waals surface area (Å²) in [5.74, 6) is -1.74. The number of carboxylic acids is 1. The third-order valence-corrected chi connectivity index (χ3v) is 3.97. The summed E-state index contributed by atoms with van der Waals surface area (Å²) in [6.45, 7) is 3.75. The largest absolute Gasteiger partial charge is 0.490 e. The van der Waals surface area contributed by atoms with Gasteiger partial charge in [-0.3, -0.25) is 4.79 Å². The zero-order valence-electron chi connectivity index (χ0n) is 11.1. The van der Waals surface area contributed by atoms with E-state index in [4.69, 9.17) is 9.90 Å². The molecule has 4 atom stereocenters. The van der Waals surface area contributed by atoms with Crippen molar-refractivity contribution in [2.24, 2.45) is 17.8 Å². The zero-order chi connectivity index (χ0) is 15.8. The van der Waals surface area contributed by atoms with E-state index in [1.54, 1.807) is 0 Å². The monoisotopic (exact) mass is 312 g/mol. The van der Waals surface area contributed by atoms with Crippen LogP contribution in [-0.2, 0) is 9.59 Å². The number of fused-ring (bicyclic) bond motifs is 1. The first kappa shape index (κ1) is 16.0. The molecule has 0 aromatic rings. The molecule has 5 nitrogen and oxygen atoms in total. The molecule has 0 bridgehead atoms. The van der Waals surface area contributed by atoms with Crippen molar-refractivity contribution in [3.05, 3.63) is 0 Å². The molecule has 3 aliphatic rings. The number of carbonyl (C=O) groups is 2. The lowest BCUT2D eigenvalue weighted by Gasteiger charge is -2.16. The first-order chi connectivity index (χ1) is 9.70. The second-order valence-corrected chi connectivity index (χ2v) is 5.58. The van der Waals surface area contributed by atoms with Crippen LogP contribution < -0.4 is 5.32 Å². The number of rotatable bonds is 1. The van der Waals surface area contributed by atoms with Gasteiger partial charge in [0.25, 0.3) is 0 Å². The molecule has 2 saturated heterocycles. The smallest absolute Gasteiger partial charge is 0.475 e. The van der Waals surface area contributed by atoms with E-state index in [2.05, 4.69) is 5.32 Å². The van der Waals surface area contributed by atoms with Crippen LogP contribution in [0.2, 0.25) is 0 Å². The van der Waals surface area contributed by atoms with Gasteiger partial charge in [0.15, 0.2) is 0 Å². The van der Waals surface area contributed by atoms with Crippen LogP contribution in [0.25, 0.3) is 0 Å². The first-order valence-corrected chi connectivity index (χ1v) is 6.64. The Morgan fingerprint density at radius 3 is 1.90 bits per heavy atom. The number of hydrogen-bond acceptors (Lipinski definition) is 3. The van der Waals surface area contributed by atoms with Crippen molar-refractivity contribution in [1.29, 1.82) is 0 Å². The van der Waals surface area contributed by atoms with E-state index in [-0.39, 0.29) is 11.8 Å². The number of hydrogen-bond donors (Lipinski definition) is 2. The molecule has 0 radical (unpaired) electrons. The molecule has 1 aliphatic carbocycles. The fourth-order valence-corrected chi connectivity index (χ4v) is 2.69. The molecule has 3 fully saturated rings. The fraction of sp³-hybridized carbons (Fsp3) is 0.833. The summed E-state index contributed by atoms with van der Waals surface area (Å²) in [6, 6.07) is 0. The standard InChI is InChI=1S/C10H15FN2O.C2HF3O2/c11-9-1-8(9)10(14)13-4-6-2-12-3-7(6)5-13;3-2(4,5)1(6)7/h6-9,12H,1-5H2;(H,6,7). The van der Waals surface area contributed by atoms with E-state index < -0.39 is 18.3 Å². The van der Waals surface area contributed by atoms with E-state index in [0.717, 1.165) is 26.2 Å². The van der Waals surface area contributed by atoms with Crippen molar-refractivity contribution in [1.82, 2.24) is 10.2 Å². The van der Waals surface area contributed by atoms with Crippen LogP contribution >= 0.6 is 0 Å². The summed E-state index contributed by atoms with van der Waals surface area (Å²) < 4.78 is 44.4. The second-order valence-electron chi connectivity index (χ2n) is 5.58. The Kier molecular flexibility index (Phi) is 4.40. The number of carbonyl (C=O) groups excluding carboxylic acids is 1. The van der Waals surface area contributed by atoms with Crippen LogP contribution in [0.3, 0.4) is 0 Å². The molecule has 2 heterocycles. The van der Waals surface area contributed by atoms with Crippen LogP contribution in [-0.4, -0.2) is 60.4 Å². The predicted molar refractivity (Wildman–Crippen MR) is 63.1 cm³/mol. The molecule has 0 spiro atoms. The average Bonchev–Trinajstić information content (AvgIpc) is 2.78. The molecule has 2 aliphatic heterocycles. The highest BCUT2D eigenvalue weighted by Crippen LogP contribution is 2.37. The van der Waals surface area contributed by atoms with E-state index in [9.17, 15) is 22.4 Å². The lowest BCUT2D eigenvalue weighted by atomic mass is 10.0. The van der Waals surface area contributed by atoms with Crippen molar-refractivity contribution < 1.29 is 32.3 Å². The number of alkyl halides is 4. The van der Waals surface area contributed by atoms with Crippen molar-refractivity contribution >= 4 is 11.9 Å². The first-order valence-electron chi connectivity index (χ1n) is 6.64. The molecule has 0 aromatic carbocycles. The Balaban J connectivity index is 0.000000199. The maximum atomic E-state index is 12.7. The number of amides is 1. The van der Waals surface area contributed by atoms with Crippen molar-refractivity contribution in [2.75, 3.05) is 26.2 Å². The predicted octanol–water partition coefficient (Wildman–Crippen LogP) is 0.655. The molecule has 0 aromatic heterocycles. The summed E-state index contributed by atoms with van der Waals surface area (Å²) in [6.07, 6.45) is -5.47. The molecule has 9 heteroatoms. The number of carboxylic acid groups (broad SMARTS) is 1. The number of halogens is 4. The van der Waals surface area contributed by atoms with Gasteiger partial charge in [-0.05, 0) is 18.3 Å². The molecular formula is C12H16F4N2O3. The number of nitrogens with one attached hydrogen (secondary N) is 1. The van der Waals surface area contributed by atoms with Gasteiger partial charge in [-0.25, -0.2) is 9.18 Å². The van der Waals surface area contributed by atoms with Gasteiger partial charge in [0.1, 0.15) is 6.17 Å². The van der Waals surface area contributed by atoms with Gasteiger partial charge in [0.05, 0.1) is 5.92 Å². The van der Waals surface area contributed by atoms with Crippen molar-refractivity contribution in [3.63, 3.8) is 0 Å². The average molecular weight is 312 g/mol. The van der Waals surface area contributed by atoms with E-state index in [1.807, 2.05) is 4.90 Å². The van der Waals surface area contributed by atoms with Gasteiger partial charge < -0.3 is 15.3 Å². The Hall–Kier alpha value is -1.38. The molecule has 2 N–H and O–H groups in total. The Morgan fingerprint density at radius 1 is 1.14 bits per heavy atom. The number of aliphatic carboxylic acids is 1. The van der Waals surface area contributed by atoms with Crippen molar-refractivity contribution in [3.8, 4) is 0 Å². The Labute approximate surface area is 118 Å². The van der Waals surface area contributed by atoms with Gasteiger partial charge in [-0.1, -0.05) is 0 Å². The summed E-state index contributed by atoms with van der Waals surface area (Å²) in [4.78, 5) is 22.5. The Morgan fingerprint density at radius 2 is 1.57 bits per heavy atom. The Bertz CT molecular complexity index is 417. The summed E-state index contributed by atoms with van der Waals surface area (Å²) >= 11 is 0. The highest BCUT2D eigenvalue weighted by Gasteiger charge is 2.48. The lowest BCUT2D eigenvalue weighted by molar-refractivity contribution is -0.192. The maximum absolute atomic E-state index is 12.7. The molecule has 1 saturated carbocycles. The van der Waals surface area contributed by atoms with Gasteiger partial charge in [0.2, 0.25) is 5.91 Å². The summed E-state index contributed by atoms with van der Waals surface area (Å²) in [5.41, 5.74) is 0. The molecule has 3 rings (SSSR count). The normalized spacial score (nSPS) is 34.0. The number of nitrogens with zero attached hydrogens (tertiary/aromatic N) is 1. The third kappa shape index (κ3) is 3.84. The lowest BCUT2D eigenvalue weighted by Crippen LogP contribution is -2.33. The second kappa shape index (κ2) is 5.78. The minimum Gasteiger partial charge on any atom is -0.475 e. The molecular weight excluding hydrogens is 296 g/mol. The molecule has 21 heavy (non-hydrogen) atoms. The van der Waals surface area contributed by atoms with E-state index >= 15 is 0 Å². The van der Waals surface area contributed by atoms with E-state index in [1.165, 1.54) is 0 Å². The highest BCUT2D eigenvalue weighted by atomic mass is 19.4. The van der Waals surface area contributed by atoms with E-state index in [0.29, 0.717) is 18.3 Å². The maximum Gasteiger partial charge on any atom is 0.490 e. The van der Waals surface area contributed by atoms with Crippen LogP contribution in [0.15, 0.2) is 0 Å². The van der Waals surface area contributed by atoms with Gasteiger partial charge in [-0.2, -0.15) is 13.2 Å². The molecule has 1 amide bonds. The fourth-order valence-electron chi connectivity index (χ4n) is 2.69. The van der Waals surface area contributed by atoms with Crippen LogP contribution in [0.1, 0.15) is 6.42 Å². The van der Waals surface area contributed by atoms with Crippen LogP contribution in [0.5, 0.6) is 0 Å². The van der Waals surface area contributed by atoms with Crippen LogP contribution in [0.4, 0.5) is 17.6 Å². The van der Waals surface area contributed by atoms with Gasteiger partial charge in [-0.15, -0.1) is 0 Å². The zero-order valence-corrected chi connectivity index (χ0v) is 11.1. The molecule has 120 valence electrons. The minimum absolute atomic E-state index is 0.0619. The van der Waals surface area contributed by atoms with Gasteiger partial charge in [0, 0.05) is 26.2 Å². The highest BCUT2D eigenvalue weighted by molar-refractivity contribution is 5.82.